The van der Waals surface area contributed by atoms with Gasteiger partial charge in [-0.05, 0) is 32.0 Å². The van der Waals surface area contributed by atoms with Crippen LogP contribution in [0, 0.1) is 11.3 Å². The maximum atomic E-state index is 12.5. The summed E-state index contributed by atoms with van der Waals surface area (Å²) >= 11 is 0. The zero-order valence-electron chi connectivity index (χ0n) is 14.8. The van der Waals surface area contributed by atoms with Gasteiger partial charge in [-0.15, -0.1) is 0 Å². The van der Waals surface area contributed by atoms with Crippen molar-refractivity contribution < 1.29 is 9.53 Å². The average molecular weight is 353 g/mol. The minimum Gasteiger partial charge on any atom is -0.464 e. The second kappa shape index (κ2) is 6.44. The first-order valence-electron chi connectivity index (χ1n) is 8.21. The number of carbonyl (C=O) groups excluding carboxylic acids is 1. The number of nitrogens with zero attached hydrogens (tertiary/aromatic N) is 4. The van der Waals surface area contributed by atoms with E-state index in [1.807, 2.05) is 26.0 Å². The second-order valence-electron chi connectivity index (χ2n) is 5.72. The number of hydrogen-bond acceptors (Lipinski definition) is 5. The number of nitrogens with two attached hydrogens (primary N) is 1. The molecule has 0 unspecified atom stereocenters. The maximum absolute atomic E-state index is 12.5. The number of hydrogen-bond donors (Lipinski definition) is 1. The fourth-order valence-corrected chi connectivity index (χ4v) is 3.19. The molecule has 134 valence electrons. The number of fused-ring (bicyclic) bond motifs is 1. The van der Waals surface area contributed by atoms with E-state index in [1.165, 1.54) is 17.9 Å². The molecule has 2 N–H and O–H groups in total. The van der Waals surface area contributed by atoms with Gasteiger partial charge >= 0.3 is 11.7 Å². The second-order valence-corrected chi connectivity index (χ2v) is 5.72. The summed E-state index contributed by atoms with van der Waals surface area (Å²) in [4.78, 5) is 24.7. The lowest BCUT2D eigenvalue weighted by molar-refractivity contribution is 0.0593. The third-order valence-electron chi connectivity index (χ3n) is 4.46. The third kappa shape index (κ3) is 2.37. The van der Waals surface area contributed by atoms with Crippen molar-refractivity contribution in [3.05, 3.63) is 46.1 Å². The van der Waals surface area contributed by atoms with Crippen molar-refractivity contribution in [2.24, 2.45) is 0 Å². The fraction of sp³-hybridized carbons (Fsp3) is 0.278. The number of benzene rings is 1. The van der Waals surface area contributed by atoms with Gasteiger partial charge in [0, 0.05) is 25.0 Å². The van der Waals surface area contributed by atoms with Gasteiger partial charge in [-0.2, -0.15) is 5.26 Å². The van der Waals surface area contributed by atoms with Gasteiger partial charge in [0.1, 0.15) is 6.07 Å². The molecule has 3 rings (SSSR count). The fourth-order valence-electron chi connectivity index (χ4n) is 3.19. The zero-order valence-corrected chi connectivity index (χ0v) is 14.8. The average Bonchev–Trinajstić information content (AvgIpc) is 3.13. The van der Waals surface area contributed by atoms with Gasteiger partial charge in [0.2, 0.25) is 0 Å². The number of aromatic nitrogens is 3. The Bertz CT molecular complexity index is 1110. The number of aryl methyl sites for hydroxylation is 2. The van der Waals surface area contributed by atoms with Crippen LogP contribution in [0.15, 0.2) is 29.2 Å². The van der Waals surface area contributed by atoms with E-state index < -0.39 is 5.97 Å². The third-order valence-corrected chi connectivity index (χ3v) is 4.46. The van der Waals surface area contributed by atoms with E-state index in [4.69, 9.17) is 10.5 Å². The number of ether oxygens (including phenoxy) is 1. The van der Waals surface area contributed by atoms with Gasteiger partial charge in [-0.1, -0.05) is 0 Å². The highest BCUT2D eigenvalue weighted by Gasteiger charge is 2.22. The summed E-state index contributed by atoms with van der Waals surface area (Å²) in [7, 11) is 1.25. The topological polar surface area (TPSA) is 108 Å². The van der Waals surface area contributed by atoms with Crippen LogP contribution in [0.25, 0.3) is 16.7 Å². The van der Waals surface area contributed by atoms with E-state index in [-0.39, 0.29) is 22.6 Å². The van der Waals surface area contributed by atoms with Crippen LogP contribution < -0.4 is 11.4 Å². The summed E-state index contributed by atoms with van der Waals surface area (Å²) < 4.78 is 9.68. The lowest BCUT2D eigenvalue weighted by atomic mass is 10.2. The molecule has 0 amide bonds. The molecule has 0 radical (unpaired) electrons. The van der Waals surface area contributed by atoms with Gasteiger partial charge in [-0.3, -0.25) is 9.13 Å². The molecule has 8 nitrogen and oxygen atoms in total. The molecular weight excluding hydrogens is 334 g/mol. The van der Waals surface area contributed by atoms with Crippen LogP contribution in [0.1, 0.15) is 29.9 Å². The number of methoxy groups -OCH3 is 1. The first-order chi connectivity index (χ1) is 12.5. The Balaban J connectivity index is 2.32. The van der Waals surface area contributed by atoms with Crippen LogP contribution >= 0.6 is 0 Å². The normalized spacial score (nSPS) is 10.8. The maximum Gasteiger partial charge on any atom is 0.357 e. The summed E-state index contributed by atoms with van der Waals surface area (Å²) in [6.07, 6.45) is 1.49. The van der Waals surface area contributed by atoms with Crippen LogP contribution in [0.3, 0.4) is 0 Å². The molecule has 0 aliphatic carbocycles. The van der Waals surface area contributed by atoms with Gasteiger partial charge in [-0.25, -0.2) is 9.59 Å². The Hall–Kier alpha value is -3.47. The largest absolute Gasteiger partial charge is 0.464 e. The summed E-state index contributed by atoms with van der Waals surface area (Å²) in [6, 6.07) is 7.38. The predicted octanol–water partition coefficient (Wildman–Crippen LogP) is 1.87. The number of anilines is 1. The van der Waals surface area contributed by atoms with E-state index >= 15 is 0 Å². The van der Waals surface area contributed by atoms with E-state index in [1.54, 1.807) is 21.3 Å². The van der Waals surface area contributed by atoms with Gasteiger partial charge < -0.3 is 15.0 Å². The molecule has 2 aromatic heterocycles. The predicted molar refractivity (Wildman–Crippen MR) is 97.3 cm³/mol. The Morgan fingerprint density at radius 3 is 2.46 bits per heavy atom. The number of nitriles is 1. The van der Waals surface area contributed by atoms with E-state index in [9.17, 15) is 14.9 Å². The number of nitrogen functional groups attached to an aromatic ring is 1. The van der Waals surface area contributed by atoms with Crippen molar-refractivity contribution in [3.8, 4) is 11.8 Å². The molecule has 0 bridgehead atoms. The molecule has 0 spiro atoms. The summed E-state index contributed by atoms with van der Waals surface area (Å²) in [5.74, 6) is -0.636. The SMILES string of the molecule is CCn1c(=O)n(CC)c2cc(-n3cc(C#N)c(N)c3C(=O)OC)ccc21. The van der Waals surface area contributed by atoms with Crippen LogP contribution in [0.5, 0.6) is 0 Å². The van der Waals surface area contributed by atoms with Crippen LogP contribution in [0.4, 0.5) is 5.69 Å². The van der Waals surface area contributed by atoms with Crippen molar-refractivity contribution in [1.82, 2.24) is 13.7 Å². The lowest BCUT2D eigenvalue weighted by Crippen LogP contribution is -2.23. The van der Waals surface area contributed by atoms with E-state index in [0.717, 1.165) is 11.0 Å². The van der Waals surface area contributed by atoms with E-state index in [2.05, 4.69) is 0 Å². The summed E-state index contributed by atoms with van der Waals surface area (Å²) in [5.41, 5.74) is 8.37. The quantitative estimate of drug-likeness (QED) is 0.720. The smallest absolute Gasteiger partial charge is 0.357 e. The molecule has 0 aliphatic rings. The van der Waals surface area contributed by atoms with Crippen molar-refractivity contribution in [1.29, 1.82) is 5.26 Å². The Morgan fingerprint density at radius 2 is 1.88 bits per heavy atom. The first kappa shape index (κ1) is 17.4. The van der Waals surface area contributed by atoms with E-state index in [0.29, 0.717) is 18.8 Å². The van der Waals surface area contributed by atoms with Crippen LogP contribution in [0.2, 0.25) is 0 Å². The van der Waals surface area contributed by atoms with Crippen molar-refractivity contribution in [2.45, 2.75) is 26.9 Å². The molecule has 0 aliphatic heterocycles. The zero-order chi connectivity index (χ0) is 19.0. The number of carbonyl (C=O) groups is 1. The Kier molecular flexibility index (Phi) is 4.30. The summed E-state index contributed by atoms with van der Waals surface area (Å²) in [6.45, 7) is 4.89. The van der Waals surface area contributed by atoms with Crippen molar-refractivity contribution >= 4 is 22.7 Å². The molecule has 0 saturated carbocycles. The lowest BCUT2D eigenvalue weighted by Gasteiger charge is -2.09. The molecule has 1 aromatic carbocycles. The number of rotatable bonds is 4. The number of esters is 1. The molecule has 0 atom stereocenters. The first-order valence-corrected chi connectivity index (χ1v) is 8.21. The van der Waals surface area contributed by atoms with Gasteiger partial charge in [0.15, 0.2) is 5.69 Å². The molecule has 3 aromatic rings. The standard InChI is InChI=1S/C18H19N5O3/c1-4-21-13-7-6-12(8-14(13)22(5-2)18(21)25)23-10-11(9-19)15(20)16(23)17(24)26-3/h6-8,10H,4-5,20H2,1-3H3. The Labute approximate surface area is 149 Å². The molecular formula is C18H19N5O3. The summed E-state index contributed by atoms with van der Waals surface area (Å²) in [5, 5.41) is 9.24. The highest BCUT2D eigenvalue weighted by atomic mass is 16.5. The highest BCUT2D eigenvalue weighted by molar-refractivity contribution is 5.96. The van der Waals surface area contributed by atoms with Gasteiger partial charge in [0.25, 0.3) is 0 Å². The van der Waals surface area contributed by atoms with Crippen molar-refractivity contribution in [3.63, 3.8) is 0 Å². The molecule has 0 fully saturated rings. The molecule has 2 heterocycles. The minimum absolute atomic E-state index is 0.0680. The monoisotopic (exact) mass is 353 g/mol. The molecule has 0 saturated heterocycles. The highest BCUT2D eigenvalue weighted by Crippen LogP contribution is 2.26. The van der Waals surface area contributed by atoms with Crippen LogP contribution in [-0.4, -0.2) is 26.8 Å². The van der Waals surface area contributed by atoms with Crippen LogP contribution in [-0.2, 0) is 17.8 Å². The Morgan fingerprint density at radius 1 is 1.23 bits per heavy atom. The number of imidazole rings is 1. The van der Waals surface area contributed by atoms with Crippen molar-refractivity contribution in [2.75, 3.05) is 12.8 Å². The van der Waals surface area contributed by atoms with Gasteiger partial charge in [0.05, 0.1) is 29.4 Å². The molecule has 8 heteroatoms. The minimum atomic E-state index is -0.636. The molecule has 26 heavy (non-hydrogen) atoms.